The van der Waals surface area contributed by atoms with E-state index in [2.05, 4.69) is 47.7 Å². The van der Waals surface area contributed by atoms with Crippen LogP contribution in [0.3, 0.4) is 0 Å². The average molecular weight is 769 g/mol. The number of fused-ring (bicyclic) bond motifs is 1. The summed E-state index contributed by atoms with van der Waals surface area (Å²) in [6.07, 6.45) is 3.90. The van der Waals surface area contributed by atoms with E-state index in [0.717, 1.165) is 37.2 Å². The highest BCUT2D eigenvalue weighted by molar-refractivity contribution is 7.89. The maximum Gasteiger partial charge on any atom is 0.255 e. The Morgan fingerprint density at radius 3 is 2.40 bits per heavy atom. The highest BCUT2D eigenvalue weighted by Gasteiger charge is 2.40. The molecule has 13 nitrogen and oxygen atoms in total. The van der Waals surface area contributed by atoms with Crippen LogP contribution in [-0.4, -0.2) is 70.6 Å². The molecule has 0 spiro atoms. The molecule has 0 radical (unpaired) electrons. The van der Waals surface area contributed by atoms with Crippen LogP contribution in [0.1, 0.15) is 85.0 Å². The summed E-state index contributed by atoms with van der Waals surface area (Å²) in [4.78, 5) is 49.9. The summed E-state index contributed by atoms with van der Waals surface area (Å²) >= 11 is 0. The van der Waals surface area contributed by atoms with Gasteiger partial charge < -0.3 is 15.5 Å². The minimum absolute atomic E-state index is 0.0138. The van der Waals surface area contributed by atoms with Gasteiger partial charge in [-0.15, -0.1) is 0 Å². The van der Waals surface area contributed by atoms with E-state index in [1.54, 1.807) is 63.4 Å². The molecule has 2 saturated heterocycles. The molecule has 1 unspecified atom stereocenters. The van der Waals surface area contributed by atoms with Gasteiger partial charge >= 0.3 is 0 Å². The first-order valence-electron chi connectivity index (χ1n) is 18.4. The molecule has 288 valence electrons. The Morgan fingerprint density at radius 2 is 1.69 bits per heavy atom. The predicted octanol–water partition coefficient (Wildman–Crippen LogP) is 5.63. The van der Waals surface area contributed by atoms with Gasteiger partial charge in [-0.1, -0.05) is 24.3 Å². The Bertz CT molecular complexity index is 2250. The number of piperidine rings is 2. The van der Waals surface area contributed by atoms with Crippen molar-refractivity contribution in [2.24, 2.45) is 0 Å². The summed E-state index contributed by atoms with van der Waals surface area (Å²) in [5.74, 6) is -0.379. The standard InChI is InChI=1S/C40H45FN8O5S/c1-24-21-42-39(46-36(24)43-29-6-5-7-30(20-29)55(53,54)47-40(2,3)4)44-28-11-8-25(9-12-28)26-16-18-48(19-17-26)22-27-10-13-31-32(35(27)41)23-49(38(31)52)33-14-15-34(50)45-37(33)51/h5-13,20-21,26,33,47H,14-19,22-23H2,1-4H3,(H,45,50,51)(H2,42,43,44,46). The van der Waals surface area contributed by atoms with E-state index in [-0.39, 0.29) is 41.7 Å². The van der Waals surface area contributed by atoms with E-state index in [1.165, 1.54) is 10.5 Å². The lowest BCUT2D eigenvalue weighted by atomic mass is 9.89. The smallest absolute Gasteiger partial charge is 0.255 e. The zero-order valence-corrected chi connectivity index (χ0v) is 32.1. The summed E-state index contributed by atoms with van der Waals surface area (Å²) in [6.45, 7) is 9.26. The van der Waals surface area contributed by atoms with Crippen LogP contribution >= 0.6 is 0 Å². The molecule has 4 aromatic rings. The van der Waals surface area contributed by atoms with E-state index in [1.807, 2.05) is 19.1 Å². The minimum Gasteiger partial charge on any atom is -0.340 e. The molecular weight excluding hydrogens is 724 g/mol. The largest absolute Gasteiger partial charge is 0.340 e. The second-order valence-corrected chi connectivity index (χ2v) is 17.2. The van der Waals surface area contributed by atoms with Crippen LogP contribution in [0, 0.1) is 12.7 Å². The zero-order chi connectivity index (χ0) is 39.1. The molecule has 4 N–H and O–H groups in total. The van der Waals surface area contributed by atoms with Crippen molar-refractivity contribution in [2.75, 3.05) is 23.7 Å². The van der Waals surface area contributed by atoms with E-state index in [0.29, 0.717) is 41.0 Å². The fourth-order valence-corrected chi connectivity index (χ4v) is 8.84. The molecule has 55 heavy (non-hydrogen) atoms. The summed E-state index contributed by atoms with van der Waals surface area (Å²) in [5.41, 5.74) is 3.89. The fourth-order valence-electron chi connectivity index (χ4n) is 7.38. The highest BCUT2D eigenvalue weighted by atomic mass is 32.2. The maximum absolute atomic E-state index is 15.8. The third kappa shape index (κ3) is 8.53. The first-order valence-corrected chi connectivity index (χ1v) is 19.9. The molecule has 1 atom stereocenters. The van der Waals surface area contributed by atoms with Gasteiger partial charge in [0.05, 0.1) is 11.4 Å². The van der Waals surface area contributed by atoms with Crippen molar-refractivity contribution in [2.45, 2.75) is 88.9 Å². The molecule has 0 saturated carbocycles. The van der Waals surface area contributed by atoms with Gasteiger partial charge in [-0.3, -0.25) is 24.6 Å². The lowest BCUT2D eigenvalue weighted by Crippen LogP contribution is -2.52. The van der Waals surface area contributed by atoms with E-state index in [4.69, 9.17) is 0 Å². The van der Waals surface area contributed by atoms with E-state index >= 15 is 4.39 Å². The molecule has 3 aliphatic rings. The number of hydrogen-bond acceptors (Lipinski definition) is 10. The molecule has 0 bridgehead atoms. The first-order chi connectivity index (χ1) is 26.1. The van der Waals surface area contributed by atoms with Gasteiger partial charge in [0, 0.05) is 58.3 Å². The third-order valence-electron chi connectivity index (χ3n) is 10.2. The maximum atomic E-state index is 15.8. The van der Waals surface area contributed by atoms with Gasteiger partial charge in [0.2, 0.25) is 27.8 Å². The average Bonchev–Trinajstić information content (AvgIpc) is 3.47. The number of sulfonamides is 1. The molecule has 2 fully saturated rings. The summed E-state index contributed by atoms with van der Waals surface area (Å²) in [6, 6.07) is 17.3. The van der Waals surface area contributed by atoms with Gasteiger partial charge in [-0.05, 0) is 108 Å². The summed E-state index contributed by atoms with van der Waals surface area (Å²) < 4.78 is 44.2. The Morgan fingerprint density at radius 1 is 0.945 bits per heavy atom. The minimum atomic E-state index is -3.71. The van der Waals surface area contributed by atoms with Crippen molar-refractivity contribution >= 4 is 50.9 Å². The lowest BCUT2D eigenvalue weighted by molar-refractivity contribution is -0.136. The Labute approximate surface area is 320 Å². The molecule has 0 aliphatic carbocycles. The van der Waals surface area contributed by atoms with Crippen LogP contribution < -0.4 is 20.7 Å². The van der Waals surface area contributed by atoms with E-state index in [9.17, 15) is 22.8 Å². The van der Waals surface area contributed by atoms with Crippen molar-refractivity contribution in [3.63, 3.8) is 0 Å². The topological polar surface area (TPSA) is 166 Å². The SMILES string of the molecule is Cc1cnc(Nc2ccc(C3CCN(Cc4ccc5c(c4F)CN(C4CCC(=O)NC4=O)C5=O)CC3)cc2)nc1Nc1cccc(S(=O)(=O)NC(C)(C)C)c1. The summed E-state index contributed by atoms with van der Waals surface area (Å²) in [7, 11) is -3.71. The normalized spacial score (nSPS) is 18.3. The number of hydrogen-bond donors (Lipinski definition) is 4. The molecular formula is C40H45FN8O5S. The number of imide groups is 1. The lowest BCUT2D eigenvalue weighted by Gasteiger charge is -2.32. The predicted molar refractivity (Wildman–Crippen MR) is 206 cm³/mol. The Kier molecular flexibility index (Phi) is 10.5. The van der Waals surface area contributed by atoms with Crippen LogP contribution in [0.4, 0.5) is 27.5 Å². The number of carbonyl (C=O) groups is 3. The van der Waals surface area contributed by atoms with Crippen molar-refractivity contribution < 1.29 is 27.2 Å². The van der Waals surface area contributed by atoms with Crippen LogP contribution in [0.15, 0.2) is 71.8 Å². The Hall–Kier alpha value is -5.25. The van der Waals surface area contributed by atoms with Gasteiger partial charge in [-0.2, -0.15) is 4.98 Å². The van der Waals surface area contributed by atoms with Crippen LogP contribution in [0.25, 0.3) is 0 Å². The van der Waals surface area contributed by atoms with E-state index < -0.39 is 33.3 Å². The third-order valence-corrected chi connectivity index (χ3v) is 11.9. The molecule has 1 aromatic heterocycles. The number of carbonyl (C=O) groups excluding carboxylic acids is 3. The molecule has 15 heteroatoms. The molecule has 3 aromatic carbocycles. The number of halogens is 1. The van der Waals surface area contributed by atoms with Crippen LogP contribution in [-0.2, 0) is 32.7 Å². The van der Waals surface area contributed by atoms with Gasteiger partial charge in [-0.25, -0.2) is 22.5 Å². The molecule has 4 heterocycles. The van der Waals surface area contributed by atoms with Crippen molar-refractivity contribution in [3.8, 4) is 0 Å². The number of rotatable bonds is 10. The van der Waals surface area contributed by atoms with Crippen LogP contribution in [0.2, 0.25) is 0 Å². The quantitative estimate of drug-likeness (QED) is 0.149. The number of nitrogens with one attached hydrogen (secondary N) is 4. The van der Waals surface area contributed by atoms with Gasteiger partial charge in [0.1, 0.15) is 17.7 Å². The van der Waals surface area contributed by atoms with Gasteiger partial charge in [0.25, 0.3) is 5.91 Å². The fraction of sp³-hybridized carbons (Fsp3) is 0.375. The number of aryl methyl sites for hydroxylation is 1. The van der Waals surface area contributed by atoms with Crippen molar-refractivity contribution in [1.82, 2.24) is 29.8 Å². The molecule has 3 aliphatic heterocycles. The molecule has 3 amide bonds. The zero-order valence-electron chi connectivity index (χ0n) is 31.3. The second kappa shape index (κ2) is 15.1. The number of nitrogens with zero attached hydrogens (tertiary/aromatic N) is 4. The second-order valence-electron chi connectivity index (χ2n) is 15.5. The number of likely N-dealkylation sites (tertiary alicyclic amines) is 1. The first kappa shape index (κ1) is 38.0. The number of aromatic nitrogens is 2. The van der Waals surface area contributed by atoms with Crippen LogP contribution in [0.5, 0.6) is 0 Å². The Balaban J connectivity index is 0.935. The number of benzene rings is 3. The molecule has 7 rings (SSSR count). The van der Waals surface area contributed by atoms with Crippen molar-refractivity contribution in [1.29, 1.82) is 0 Å². The van der Waals surface area contributed by atoms with Gasteiger partial charge in [0.15, 0.2) is 0 Å². The highest BCUT2D eigenvalue weighted by Crippen LogP contribution is 2.34. The number of anilines is 4. The monoisotopic (exact) mass is 768 g/mol. The number of amides is 3. The van der Waals surface area contributed by atoms with Crippen molar-refractivity contribution in [3.05, 3.63) is 100 Å². The summed E-state index contributed by atoms with van der Waals surface area (Å²) in [5, 5.41) is 8.78.